The average molecular weight is 197 g/mol. The van der Waals surface area contributed by atoms with Gasteiger partial charge in [0.2, 0.25) is 0 Å². The van der Waals surface area contributed by atoms with Crippen LogP contribution in [0, 0.1) is 0 Å². The Morgan fingerprint density at radius 1 is 1.14 bits per heavy atom. The molecule has 1 unspecified atom stereocenters. The largest absolute Gasteiger partial charge is 0.296 e. The minimum absolute atomic E-state index is 0.380. The zero-order valence-electron chi connectivity index (χ0n) is 9.26. The van der Waals surface area contributed by atoms with E-state index in [9.17, 15) is 0 Å². The molecule has 3 heteroatoms. The number of nitrogens with two attached hydrogens (primary N) is 1. The number of nitrogens with zero attached hydrogens (tertiary/aromatic N) is 1. The van der Waals surface area contributed by atoms with E-state index < -0.39 is 0 Å². The Bertz CT molecular complexity index is 181. The monoisotopic (exact) mass is 197 g/mol. The Morgan fingerprint density at radius 2 is 1.71 bits per heavy atom. The average Bonchev–Trinajstić information content (AvgIpc) is 2.86. The second kappa shape index (κ2) is 4.17. The van der Waals surface area contributed by atoms with Gasteiger partial charge in [0.05, 0.1) is 0 Å². The first-order chi connectivity index (χ1) is 6.79. The summed E-state index contributed by atoms with van der Waals surface area (Å²) in [5, 5.41) is 0. The Hall–Kier alpha value is -0.120. The predicted molar refractivity (Wildman–Crippen MR) is 58.8 cm³/mol. The zero-order valence-corrected chi connectivity index (χ0v) is 9.26. The standard InChI is InChI=1S/C11H23N3/c1-10(13-12)11(6-2-3-7-11)14-8-4-5-9-14/h10,13H,2-9,12H2,1H3. The SMILES string of the molecule is CC(NN)C1(N2CCCC2)CCCC1. The molecule has 0 aromatic heterocycles. The number of hydrogen-bond donors (Lipinski definition) is 2. The summed E-state index contributed by atoms with van der Waals surface area (Å²) in [4.78, 5) is 2.69. The van der Waals surface area contributed by atoms with Crippen molar-refractivity contribution in [1.29, 1.82) is 0 Å². The molecule has 3 N–H and O–H groups in total. The molecule has 14 heavy (non-hydrogen) atoms. The van der Waals surface area contributed by atoms with E-state index in [0.29, 0.717) is 11.6 Å². The van der Waals surface area contributed by atoms with E-state index >= 15 is 0 Å². The molecule has 2 rings (SSSR count). The van der Waals surface area contributed by atoms with Gasteiger partial charge in [0.1, 0.15) is 0 Å². The molecule has 1 atom stereocenters. The van der Waals surface area contributed by atoms with Crippen LogP contribution in [0.1, 0.15) is 45.4 Å². The minimum Gasteiger partial charge on any atom is -0.296 e. The van der Waals surface area contributed by atoms with Gasteiger partial charge in [-0.1, -0.05) is 12.8 Å². The maximum Gasteiger partial charge on any atom is 0.0373 e. The third-order valence-corrected chi connectivity index (χ3v) is 4.26. The smallest absolute Gasteiger partial charge is 0.0373 e. The predicted octanol–water partition coefficient (Wildman–Crippen LogP) is 1.25. The molecule has 3 nitrogen and oxygen atoms in total. The van der Waals surface area contributed by atoms with Crippen LogP contribution in [0.25, 0.3) is 0 Å². The van der Waals surface area contributed by atoms with E-state index in [2.05, 4.69) is 17.2 Å². The second-order valence-electron chi connectivity index (χ2n) is 4.89. The molecule has 1 saturated heterocycles. The van der Waals surface area contributed by atoms with Gasteiger partial charge in [-0.3, -0.25) is 16.2 Å². The van der Waals surface area contributed by atoms with Crippen molar-refractivity contribution < 1.29 is 0 Å². The summed E-state index contributed by atoms with van der Waals surface area (Å²) in [7, 11) is 0. The number of likely N-dealkylation sites (tertiary alicyclic amines) is 1. The first-order valence-corrected chi connectivity index (χ1v) is 6.01. The fraction of sp³-hybridized carbons (Fsp3) is 1.00. The minimum atomic E-state index is 0.380. The lowest BCUT2D eigenvalue weighted by Gasteiger charge is -2.43. The van der Waals surface area contributed by atoms with Crippen LogP contribution in [-0.2, 0) is 0 Å². The van der Waals surface area contributed by atoms with Gasteiger partial charge in [-0.05, 0) is 45.7 Å². The Balaban J connectivity index is 2.11. The highest BCUT2D eigenvalue weighted by Gasteiger charge is 2.44. The van der Waals surface area contributed by atoms with Gasteiger partial charge >= 0.3 is 0 Å². The maximum atomic E-state index is 5.63. The first-order valence-electron chi connectivity index (χ1n) is 6.01. The number of rotatable bonds is 3. The van der Waals surface area contributed by atoms with Crippen molar-refractivity contribution in [1.82, 2.24) is 10.3 Å². The van der Waals surface area contributed by atoms with Crippen molar-refractivity contribution in [3.8, 4) is 0 Å². The fourth-order valence-electron chi connectivity index (χ4n) is 3.33. The first kappa shape index (κ1) is 10.4. The molecule has 1 aliphatic carbocycles. The van der Waals surface area contributed by atoms with Gasteiger partial charge in [0.25, 0.3) is 0 Å². The van der Waals surface area contributed by atoms with Crippen molar-refractivity contribution in [2.45, 2.75) is 57.0 Å². The van der Waals surface area contributed by atoms with E-state index in [1.165, 1.54) is 51.6 Å². The summed E-state index contributed by atoms with van der Waals surface area (Å²) in [5.41, 5.74) is 3.36. The molecular weight excluding hydrogens is 174 g/mol. The van der Waals surface area contributed by atoms with Crippen LogP contribution >= 0.6 is 0 Å². The Labute approximate surface area is 87.0 Å². The Kier molecular flexibility index (Phi) is 3.10. The van der Waals surface area contributed by atoms with Crippen molar-refractivity contribution in [2.24, 2.45) is 5.84 Å². The molecule has 2 aliphatic rings. The van der Waals surface area contributed by atoms with E-state index in [4.69, 9.17) is 5.84 Å². The molecule has 82 valence electrons. The summed E-state index contributed by atoms with van der Waals surface area (Å²) in [5.74, 6) is 5.63. The molecule has 0 radical (unpaired) electrons. The van der Waals surface area contributed by atoms with Crippen molar-refractivity contribution >= 4 is 0 Å². The van der Waals surface area contributed by atoms with E-state index in [1.54, 1.807) is 0 Å². The van der Waals surface area contributed by atoms with Crippen molar-refractivity contribution in [2.75, 3.05) is 13.1 Å². The van der Waals surface area contributed by atoms with Crippen LogP contribution in [0.4, 0.5) is 0 Å². The van der Waals surface area contributed by atoms with E-state index in [1.807, 2.05) is 0 Å². The summed E-state index contributed by atoms with van der Waals surface area (Å²) < 4.78 is 0. The summed E-state index contributed by atoms with van der Waals surface area (Å²) in [6.45, 7) is 4.81. The second-order valence-corrected chi connectivity index (χ2v) is 4.89. The number of hydrogen-bond acceptors (Lipinski definition) is 3. The van der Waals surface area contributed by atoms with Crippen LogP contribution in [0.3, 0.4) is 0 Å². The molecule has 1 aliphatic heterocycles. The molecule has 1 heterocycles. The zero-order chi connectivity index (χ0) is 10.0. The van der Waals surface area contributed by atoms with Crippen LogP contribution in [-0.4, -0.2) is 29.6 Å². The quantitative estimate of drug-likeness (QED) is 0.528. The van der Waals surface area contributed by atoms with Crippen LogP contribution < -0.4 is 11.3 Å². The number of nitrogens with one attached hydrogen (secondary N) is 1. The van der Waals surface area contributed by atoms with Gasteiger partial charge in [0.15, 0.2) is 0 Å². The lowest BCUT2D eigenvalue weighted by molar-refractivity contribution is 0.0838. The molecular formula is C11H23N3. The van der Waals surface area contributed by atoms with Crippen LogP contribution in [0.2, 0.25) is 0 Å². The Morgan fingerprint density at radius 3 is 2.21 bits per heavy atom. The third-order valence-electron chi connectivity index (χ3n) is 4.26. The molecule has 0 aromatic rings. The summed E-state index contributed by atoms with van der Waals surface area (Å²) in [6, 6.07) is 0.433. The van der Waals surface area contributed by atoms with Crippen molar-refractivity contribution in [3.05, 3.63) is 0 Å². The lowest BCUT2D eigenvalue weighted by Crippen LogP contribution is -2.59. The van der Waals surface area contributed by atoms with Gasteiger partial charge in [-0.15, -0.1) is 0 Å². The van der Waals surface area contributed by atoms with Gasteiger partial charge in [-0.2, -0.15) is 0 Å². The van der Waals surface area contributed by atoms with Crippen LogP contribution in [0.15, 0.2) is 0 Å². The van der Waals surface area contributed by atoms with Crippen LogP contribution in [0.5, 0.6) is 0 Å². The topological polar surface area (TPSA) is 41.3 Å². The summed E-state index contributed by atoms with van der Waals surface area (Å²) in [6.07, 6.45) is 8.17. The maximum absolute atomic E-state index is 5.63. The normalized spacial score (nSPS) is 29.6. The number of hydrazine groups is 1. The molecule has 0 bridgehead atoms. The molecule has 2 fully saturated rings. The lowest BCUT2D eigenvalue weighted by atomic mass is 9.87. The highest BCUT2D eigenvalue weighted by molar-refractivity contribution is 5.02. The fourth-order valence-corrected chi connectivity index (χ4v) is 3.33. The highest BCUT2D eigenvalue weighted by Crippen LogP contribution is 2.39. The molecule has 0 aromatic carbocycles. The van der Waals surface area contributed by atoms with E-state index in [-0.39, 0.29) is 0 Å². The summed E-state index contributed by atoms with van der Waals surface area (Å²) >= 11 is 0. The van der Waals surface area contributed by atoms with Gasteiger partial charge in [0, 0.05) is 11.6 Å². The molecule has 1 saturated carbocycles. The highest BCUT2D eigenvalue weighted by atomic mass is 15.3. The third kappa shape index (κ3) is 1.58. The van der Waals surface area contributed by atoms with Gasteiger partial charge in [-0.25, -0.2) is 0 Å². The molecule has 0 amide bonds. The van der Waals surface area contributed by atoms with Crippen molar-refractivity contribution in [3.63, 3.8) is 0 Å². The molecule has 0 spiro atoms. The van der Waals surface area contributed by atoms with Gasteiger partial charge < -0.3 is 0 Å². The van der Waals surface area contributed by atoms with E-state index in [0.717, 1.165) is 0 Å².